The lowest BCUT2D eigenvalue weighted by Crippen LogP contribution is -2.41. The van der Waals surface area contributed by atoms with E-state index >= 15 is 0 Å². The van der Waals surface area contributed by atoms with E-state index in [4.69, 9.17) is 31.1 Å². The maximum atomic E-state index is 13.5. The molecule has 1 aliphatic heterocycles. The zero-order valence-corrected chi connectivity index (χ0v) is 22.0. The van der Waals surface area contributed by atoms with Crippen LogP contribution in [0.2, 0.25) is 0 Å². The zero-order valence-electron chi connectivity index (χ0n) is 20.4. The molecule has 1 saturated heterocycles. The van der Waals surface area contributed by atoms with Crippen LogP contribution in [0.5, 0.6) is 5.75 Å². The Bertz CT molecular complexity index is 1380. The van der Waals surface area contributed by atoms with Gasteiger partial charge in [-0.05, 0) is 19.1 Å². The molecule has 2 aromatic heterocycles. The first-order valence-electron chi connectivity index (χ1n) is 11.3. The number of aliphatic hydroxyl groups is 1. The van der Waals surface area contributed by atoms with Crippen molar-refractivity contribution in [2.24, 2.45) is 0 Å². The lowest BCUT2D eigenvalue weighted by molar-refractivity contribution is -0.138. The van der Waals surface area contributed by atoms with E-state index in [1.807, 2.05) is 0 Å². The molecule has 6 atom stereocenters. The number of aliphatic carboxylic acids is 1. The van der Waals surface area contributed by atoms with Crippen molar-refractivity contribution >= 4 is 48.2 Å². The lowest BCUT2D eigenvalue weighted by atomic mass is 9.99. The van der Waals surface area contributed by atoms with Gasteiger partial charge in [-0.3, -0.25) is 13.9 Å². The number of hydrogen-bond donors (Lipinski definition) is 5. The molecule has 14 nitrogen and oxygen atoms in total. The maximum absolute atomic E-state index is 13.5. The van der Waals surface area contributed by atoms with Gasteiger partial charge in [0, 0.05) is 7.05 Å². The number of hydrogen-bond acceptors (Lipinski definition) is 11. The Labute approximate surface area is 222 Å². The fraction of sp³-hybridized carbons (Fsp3) is 0.364. The van der Waals surface area contributed by atoms with Crippen LogP contribution in [-0.4, -0.2) is 72.5 Å². The largest absolute Gasteiger partial charge is 0.480 e. The Morgan fingerprint density at radius 2 is 2.13 bits per heavy atom. The van der Waals surface area contributed by atoms with Crippen molar-refractivity contribution in [2.75, 3.05) is 24.7 Å². The number of benzene rings is 1. The minimum atomic E-state index is -4.27. The molecule has 204 valence electrons. The van der Waals surface area contributed by atoms with Gasteiger partial charge in [0.05, 0.1) is 12.9 Å². The molecule has 6 N–H and O–H groups in total. The first-order chi connectivity index (χ1) is 18.0. The van der Waals surface area contributed by atoms with Crippen molar-refractivity contribution in [1.29, 1.82) is 0 Å². The molecule has 0 aliphatic carbocycles. The molecule has 1 aliphatic rings. The Morgan fingerprint density at radius 3 is 2.76 bits per heavy atom. The molecule has 0 amide bonds. The van der Waals surface area contributed by atoms with E-state index in [0.29, 0.717) is 11.3 Å². The zero-order chi connectivity index (χ0) is 27.7. The molecule has 4 rings (SSSR count). The highest BCUT2D eigenvalue weighted by molar-refractivity contribution is 7.52. The second kappa shape index (κ2) is 10.8. The molecule has 3 aromatic rings. The summed E-state index contributed by atoms with van der Waals surface area (Å²) in [5.41, 5.74) is 6.51. The van der Waals surface area contributed by atoms with E-state index in [1.165, 1.54) is 36.0 Å². The van der Waals surface area contributed by atoms with Gasteiger partial charge >= 0.3 is 13.7 Å². The van der Waals surface area contributed by atoms with E-state index in [1.54, 1.807) is 25.2 Å². The number of carbonyl (C=O) groups is 1. The molecule has 0 bridgehead atoms. The Kier molecular flexibility index (Phi) is 7.93. The maximum Gasteiger partial charge on any atom is 0.459 e. The summed E-state index contributed by atoms with van der Waals surface area (Å²) in [7, 11) is -2.63. The molecule has 0 saturated carbocycles. The highest BCUT2D eigenvalue weighted by Crippen LogP contribution is 2.49. The Hall–Kier alpha value is -3.26. The SMILES string of the molecule is C=C[C@@]1(Cl)[C@H](O)[C@@H](COP(=O)(N[C@@H](C)C(=O)O)Oc2ccccc2)O[C@H]1n1cnc2c(NC)nc(N)nc21. The fourth-order valence-corrected chi connectivity index (χ4v) is 5.66. The van der Waals surface area contributed by atoms with Crippen LogP contribution >= 0.6 is 19.3 Å². The van der Waals surface area contributed by atoms with Gasteiger partial charge in [-0.2, -0.15) is 15.1 Å². The summed E-state index contributed by atoms with van der Waals surface area (Å²) in [6.45, 7) is 4.53. The third-order valence-electron chi connectivity index (χ3n) is 5.83. The summed E-state index contributed by atoms with van der Waals surface area (Å²) in [5.74, 6) is -0.755. The summed E-state index contributed by atoms with van der Waals surface area (Å²) >= 11 is 6.80. The molecular formula is C22H27ClN7O7P. The predicted molar refractivity (Wildman–Crippen MR) is 139 cm³/mol. The van der Waals surface area contributed by atoms with Crippen molar-refractivity contribution < 1.29 is 33.4 Å². The number of ether oxygens (including phenoxy) is 1. The van der Waals surface area contributed by atoms with Gasteiger partial charge in [-0.1, -0.05) is 24.3 Å². The van der Waals surface area contributed by atoms with Gasteiger partial charge in [0.2, 0.25) is 5.95 Å². The van der Waals surface area contributed by atoms with Gasteiger partial charge in [0.15, 0.2) is 23.2 Å². The number of nitrogens with zero attached hydrogens (tertiary/aromatic N) is 4. The number of rotatable bonds is 11. The molecule has 1 unspecified atom stereocenters. The van der Waals surface area contributed by atoms with Crippen molar-refractivity contribution in [1.82, 2.24) is 24.6 Å². The summed E-state index contributed by atoms with van der Waals surface area (Å²) in [4.78, 5) is 22.4. The number of nitrogens with one attached hydrogen (secondary N) is 2. The number of anilines is 2. The molecule has 0 spiro atoms. The van der Waals surface area contributed by atoms with Crippen LogP contribution < -0.4 is 20.7 Å². The average molecular weight is 568 g/mol. The van der Waals surface area contributed by atoms with Crippen LogP contribution in [0.4, 0.5) is 11.8 Å². The molecule has 3 heterocycles. The van der Waals surface area contributed by atoms with Crippen molar-refractivity contribution in [3.63, 3.8) is 0 Å². The average Bonchev–Trinajstić information content (AvgIpc) is 3.41. The van der Waals surface area contributed by atoms with Gasteiger partial charge in [-0.15, -0.1) is 18.2 Å². The fourth-order valence-electron chi connectivity index (χ4n) is 3.86. The van der Waals surface area contributed by atoms with Crippen LogP contribution in [0.3, 0.4) is 0 Å². The molecular weight excluding hydrogens is 541 g/mol. The van der Waals surface area contributed by atoms with Crippen molar-refractivity contribution in [2.45, 2.75) is 36.3 Å². The third-order valence-corrected chi connectivity index (χ3v) is 8.04. The Morgan fingerprint density at radius 1 is 1.42 bits per heavy atom. The van der Waals surface area contributed by atoms with E-state index in [0.717, 1.165) is 0 Å². The molecule has 1 fully saturated rings. The second-order valence-corrected chi connectivity index (χ2v) is 10.7. The van der Waals surface area contributed by atoms with Crippen LogP contribution in [0, 0.1) is 0 Å². The van der Waals surface area contributed by atoms with Crippen LogP contribution in [-0.2, 0) is 18.6 Å². The smallest absolute Gasteiger partial charge is 0.459 e. The van der Waals surface area contributed by atoms with Crippen molar-refractivity contribution in [3.05, 3.63) is 49.3 Å². The number of nitrogen functional groups attached to an aromatic ring is 1. The van der Waals surface area contributed by atoms with E-state index in [9.17, 15) is 19.6 Å². The van der Waals surface area contributed by atoms with E-state index in [-0.39, 0.29) is 17.3 Å². The van der Waals surface area contributed by atoms with Crippen LogP contribution in [0.15, 0.2) is 49.3 Å². The first-order valence-corrected chi connectivity index (χ1v) is 13.3. The normalized spacial score (nSPS) is 25.5. The van der Waals surface area contributed by atoms with Gasteiger partial charge in [0.1, 0.15) is 28.9 Å². The summed E-state index contributed by atoms with van der Waals surface area (Å²) < 4.78 is 32.1. The van der Waals surface area contributed by atoms with Gasteiger partial charge in [-0.25, -0.2) is 9.55 Å². The standard InChI is InChI=1S/C22H27ClN7O7P/c1-4-22(23)16(31)14(36-20(22)30-11-26-15-17(25-3)27-21(24)28-18(15)30)10-35-38(34,29-12(2)19(32)33)37-13-8-6-5-7-9-13/h4-9,11-12,14,16,20,31H,1,10H2,2-3H3,(H,29,34)(H,32,33)(H3,24,25,27,28)/t12-,14+,16+,20+,22+,38?/m0/s1. The van der Waals surface area contributed by atoms with E-state index < -0.39 is 49.7 Å². The minimum Gasteiger partial charge on any atom is -0.480 e. The second-order valence-electron chi connectivity index (χ2n) is 8.39. The number of nitrogens with two attached hydrogens (primary N) is 1. The number of alkyl halides is 1. The first kappa shape index (κ1) is 27.8. The molecule has 16 heteroatoms. The van der Waals surface area contributed by atoms with Crippen LogP contribution in [0.1, 0.15) is 13.2 Å². The van der Waals surface area contributed by atoms with E-state index in [2.05, 4.69) is 31.9 Å². The molecule has 1 aromatic carbocycles. The van der Waals surface area contributed by atoms with Gasteiger partial charge < -0.3 is 30.5 Å². The monoisotopic (exact) mass is 567 g/mol. The number of fused-ring (bicyclic) bond motifs is 1. The summed E-state index contributed by atoms with van der Waals surface area (Å²) in [5, 5.41) is 25.6. The highest BCUT2D eigenvalue weighted by Gasteiger charge is 2.55. The number of para-hydroxylation sites is 1. The molecule has 0 radical (unpaired) electrons. The quantitative estimate of drug-likeness (QED) is 0.128. The summed E-state index contributed by atoms with van der Waals surface area (Å²) in [6, 6.07) is 6.79. The lowest BCUT2D eigenvalue weighted by Gasteiger charge is -2.27. The summed E-state index contributed by atoms with van der Waals surface area (Å²) in [6.07, 6.45) is -0.931. The number of aliphatic hydroxyl groups excluding tert-OH is 1. The number of carboxylic acid groups (broad SMARTS) is 1. The third kappa shape index (κ3) is 5.32. The number of aromatic nitrogens is 4. The number of halogens is 1. The number of imidazole rings is 1. The Balaban J connectivity index is 1.61. The number of carboxylic acids is 1. The topological polar surface area (TPSA) is 196 Å². The van der Waals surface area contributed by atoms with Crippen molar-refractivity contribution in [3.8, 4) is 5.75 Å². The van der Waals surface area contributed by atoms with Gasteiger partial charge in [0.25, 0.3) is 0 Å². The molecule has 38 heavy (non-hydrogen) atoms. The van der Waals surface area contributed by atoms with Crippen LogP contribution in [0.25, 0.3) is 11.2 Å². The highest BCUT2D eigenvalue weighted by atomic mass is 35.5. The minimum absolute atomic E-state index is 0.0292. The predicted octanol–water partition coefficient (Wildman–Crippen LogP) is 2.14.